The van der Waals surface area contributed by atoms with Crippen LogP contribution in [0.3, 0.4) is 0 Å². The number of alkyl halides is 4. The van der Waals surface area contributed by atoms with E-state index in [1.165, 1.54) is 29.0 Å². The highest BCUT2D eigenvalue weighted by Crippen LogP contribution is 2.25. The average molecular weight is 685 g/mol. The second kappa shape index (κ2) is 13.9. The van der Waals surface area contributed by atoms with Gasteiger partial charge in [-0.1, -0.05) is 23.7 Å². The van der Waals surface area contributed by atoms with Crippen LogP contribution in [-0.4, -0.2) is 104 Å². The molecule has 0 unspecified atom stereocenters. The van der Waals surface area contributed by atoms with E-state index < -0.39 is 41.7 Å². The number of pyridine rings is 1. The van der Waals surface area contributed by atoms with Gasteiger partial charge in [0.15, 0.2) is 11.5 Å². The van der Waals surface area contributed by atoms with Gasteiger partial charge in [0, 0.05) is 37.7 Å². The van der Waals surface area contributed by atoms with E-state index in [9.17, 15) is 36.7 Å². The van der Waals surface area contributed by atoms with Crippen LogP contribution in [0.4, 0.5) is 28.2 Å². The van der Waals surface area contributed by atoms with Crippen LogP contribution in [-0.2, 0) is 22.7 Å². The van der Waals surface area contributed by atoms with Gasteiger partial charge in [-0.3, -0.25) is 23.9 Å². The van der Waals surface area contributed by atoms with Crippen molar-refractivity contribution >= 4 is 52.4 Å². The topological polar surface area (TPSA) is 184 Å². The molecule has 2 aromatic heterocycles. The molecule has 0 bridgehead atoms. The van der Waals surface area contributed by atoms with Gasteiger partial charge in [-0.05, 0) is 30.7 Å². The fraction of sp³-hybridized carbons (Fsp3) is 0.393. The number of carboxylic acids is 1. The molecule has 1 aromatic carbocycles. The molecule has 47 heavy (non-hydrogen) atoms. The first-order valence-corrected chi connectivity index (χ1v) is 14.3. The summed E-state index contributed by atoms with van der Waals surface area (Å²) < 4.78 is 46.8. The molecule has 2 fully saturated rings. The number of nitrogens with two attached hydrogens (primary N) is 1. The summed E-state index contributed by atoms with van der Waals surface area (Å²) >= 11 is 5.92. The Bertz CT molecular complexity index is 1740. The number of hydrogen-bond donors (Lipinski definition) is 3. The Labute approximate surface area is 268 Å². The minimum absolute atomic E-state index is 0.0605. The zero-order valence-electron chi connectivity index (χ0n) is 24.8. The lowest BCUT2D eigenvalue weighted by molar-refractivity contribution is -0.192. The second-order valence-corrected chi connectivity index (χ2v) is 11.3. The number of fused-ring (bicyclic) bond motifs is 1. The van der Waals surface area contributed by atoms with Crippen molar-refractivity contribution in [3.05, 3.63) is 63.0 Å². The molecule has 4 amide bonds. The molecule has 2 aliphatic rings. The van der Waals surface area contributed by atoms with Crippen LogP contribution >= 0.6 is 11.6 Å². The largest absolute Gasteiger partial charge is 0.490 e. The summed E-state index contributed by atoms with van der Waals surface area (Å²) in [4.78, 5) is 74.4. The normalized spacial score (nSPS) is 15.6. The molecule has 2 saturated heterocycles. The maximum Gasteiger partial charge on any atom is 0.490 e. The number of amides is 4. The zero-order valence-corrected chi connectivity index (χ0v) is 25.5. The number of nitrogens with one attached hydrogen (secondary N) is 1. The number of benzene rings is 1. The molecule has 0 aliphatic carbocycles. The van der Waals surface area contributed by atoms with E-state index in [-0.39, 0.29) is 48.2 Å². The highest BCUT2D eigenvalue weighted by atomic mass is 35.5. The molecule has 4 N–H and O–H groups in total. The van der Waals surface area contributed by atoms with E-state index in [4.69, 9.17) is 27.2 Å². The number of hydrogen-bond acceptors (Lipinski definition) is 8. The molecule has 0 radical (unpaired) electrons. The monoisotopic (exact) mass is 684 g/mol. The summed E-state index contributed by atoms with van der Waals surface area (Å²) in [7, 11) is 0. The highest BCUT2D eigenvalue weighted by Gasteiger charge is 2.41. The number of carboxylic acid groups (broad SMARTS) is 1. The van der Waals surface area contributed by atoms with Crippen LogP contribution < -0.4 is 21.5 Å². The van der Waals surface area contributed by atoms with Crippen LogP contribution in [0.15, 0.2) is 41.3 Å². The maximum absolute atomic E-state index is 14.0. The zero-order chi connectivity index (χ0) is 34.7. The number of likely N-dealkylation sites (tertiary alicyclic amines) is 1. The summed E-state index contributed by atoms with van der Waals surface area (Å²) in [6.45, 7) is 2.42. The number of urea groups is 1. The van der Waals surface area contributed by atoms with E-state index in [1.54, 1.807) is 29.2 Å². The number of carbonyl (C=O) groups is 4. The molecule has 0 spiro atoms. The first-order valence-electron chi connectivity index (χ1n) is 14.0. The molecule has 14 nitrogen and oxygen atoms in total. The van der Waals surface area contributed by atoms with Crippen molar-refractivity contribution in [2.45, 2.75) is 31.9 Å². The van der Waals surface area contributed by atoms with Crippen molar-refractivity contribution in [3.63, 3.8) is 0 Å². The smallest absolute Gasteiger partial charge is 0.475 e. The van der Waals surface area contributed by atoms with Crippen molar-refractivity contribution in [3.8, 4) is 0 Å². The maximum atomic E-state index is 14.0. The first kappa shape index (κ1) is 35.0. The van der Waals surface area contributed by atoms with Gasteiger partial charge in [0.25, 0.3) is 11.5 Å². The highest BCUT2D eigenvalue weighted by molar-refractivity contribution is 6.30. The SMILES string of the molecule is CC1(F)CN(C(=O)Cn2c(=O)c(C(=O)NCc3ccc(Cl)cc3)cc3nc(N4CCN(CCN)C4=O)cnc32)C1.O=C(O)C(F)(F)F. The van der Waals surface area contributed by atoms with Crippen molar-refractivity contribution < 1.29 is 41.8 Å². The molecule has 3 aromatic rings. The standard InChI is InChI=1S/C26H28ClFN8O4.C2HF3O2/c1-26(28)14-34(15-26)21(37)13-36-22-19(32-20(12-30-22)35-9-8-33(7-6-29)25(35)40)10-18(24(36)39)23(38)31-11-16-2-4-17(27)5-3-16;3-2(4,5)1(6)7/h2-5,10,12H,6-9,11,13-15,29H2,1H3,(H,31,38);(H,6,7). The number of halogens is 5. The quantitative estimate of drug-likeness (QED) is 0.298. The minimum Gasteiger partial charge on any atom is -0.475 e. The lowest BCUT2D eigenvalue weighted by Crippen LogP contribution is -2.60. The van der Waals surface area contributed by atoms with Gasteiger partial charge < -0.3 is 26.0 Å². The molecule has 5 rings (SSSR count). The predicted molar refractivity (Wildman–Crippen MR) is 160 cm³/mol. The van der Waals surface area contributed by atoms with E-state index >= 15 is 0 Å². The third-order valence-electron chi connectivity index (χ3n) is 7.09. The first-order chi connectivity index (χ1) is 22.0. The average Bonchev–Trinajstić information content (AvgIpc) is 3.36. The number of aromatic nitrogens is 3. The van der Waals surface area contributed by atoms with Gasteiger partial charge in [-0.25, -0.2) is 23.9 Å². The summed E-state index contributed by atoms with van der Waals surface area (Å²) in [6.07, 6.45) is -3.74. The Morgan fingerprint density at radius 1 is 1.13 bits per heavy atom. The van der Waals surface area contributed by atoms with Crippen LogP contribution in [0.2, 0.25) is 5.02 Å². The summed E-state index contributed by atoms with van der Waals surface area (Å²) in [5, 5.41) is 10.4. The fourth-order valence-electron chi connectivity index (χ4n) is 4.77. The molecule has 252 valence electrons. The third kappa shape index (κ3) is 8.31. The Morgan fingerprint density at radius 3 is 2.34 bits per heavy atom. The van der Waals surface area contributed by atoms with Gasteiger partial charge in [-0.15, -0.1) is 0 Å². The summed E-state index contributed by atoms with van der Waals surface area (Å²) in [6, 6.07) is 7.86. The van der Waals surface area contributed by atoms with E-state index in [2.05, 4.69) is 15.3 Å². The van der Waals surface area contributed by atoms with Crippen molar-refractivity contribution in [2.75, 3.05) is 44.2 Å². The van der Waals surface area contributed by atoms with Crippen LogP contribution in [0, 0.1) is 0 Å². The number of anilines is 1. The second-order valence-electron chi connectivity index (χ2n) is 10.9. The number of carbonyl (C=O) groups excluding carboxylic acids is 3. The molecule has 4 heterocycles. The molecule has 2 aliphatic heterocycles. The number of rotatable bonds is 8. The van der Waals surface area contributed by atoms with Crippen molar-refractivity contribution in [2.24, 2.45) is 5.73 Å². The molecule has 0 atom stereocenters. The lowest BCUT2D eigenvalue weighted by Gasteiger charge is -2.42. The predicted octanol–water partition coefficient (Wildman–Crippen LogP) is 1.78. The van der Waals surface area contributed by atoms with Gasteiger partial charge in [0.05, 0.1) is 19.3 Å². The Hall–Kier alpha value is -4.84. The lowest BCUT2D eigenvalue weighted by atomic mass is 9.99. The van der Waals surface area contributed by atoms with Crippen LogP contribution in [0.1, 0.15) is 22.8 Å². The van der Waals surface area contributed by atoms with Gasteiger partial charge in [0.2, 0.25) is 5.91 Å². The molecular formula is C28H29ClF4N8O6. The summed E-state index contributed by atoms with van der Waals surface area (Å²) in [5.41, 5.74) is 4.08. The van der Waals surface area contributed by atoms with E-state index in [0.29, 0.717) is 31.2 Å². The van der Waals surface area contributed by atoms with Crippen molar-refractivity contribution in [1.29, 1.82) is 0 Å². The van der Waals surface area contributed by atoms with E-state index in [1.807, 2.05) is 0 Å². The number of aliphatic carboxylic acids is 1. The fourth-order valence-corrected chi connectivity index (χ4v) is 4.90. The van der Waals surface area contributed by atoms with Gasteiger partial charge in [-0.2, -0.15) is 13.2 Å². The molecular weight excluding hydrogens is 656 g/mol. The Balaban J connectivity index is 0.000000644. The Morgan fingerprint density at radius 2 is 1.77 bits per heavy atom. The van der Waals surface area contributed by atoms with Crippen molar-refractivity contribution in [1.82, 2.24) is 29.7 Å². The summed E-state index contributed by atoms with van der Waals surface area (Å²) in [5.74, 6) is -3.69. The van der Waals surface area contributed by atoms with Crippen LogP contribution in [0.25, 0.3) is 11.2 Å². The Kier molecular flexibility index (Phi) is 10.3. The third-order valence-corrected chi connectivity index (χ3v) is 7.34. The minimum atomic E-state index is -5.08. The van der Waals surface area contributed by atoms with E-state index in [0.717, 1.165) is 10.1 Å². The van der Waals surface area contributed by atoms with Crippen LogP contribution in [0.5, 0.6) is 0 Å². The number of nitrogens with zero attached hydrogens (tertiary/aromatic N) is 6. The molecule has 0 saturated carbocycles. The van der Waals surface area contributed by atoms with Gasteiger partial charge >= 0.3 is 18.2 Å². The van der Waals surface area contributed by atoms with Gasteiger partial charge in [0.1, 0.15) is 23.3 Å². The molecule has 19 heteroatoms.